The number of methoxy groups -OCH3 is 2. The minimum absolute atomic E-state index is 0.149. The molecule has 0 saturated carbocycles. The van der Waals surface area contributed by atoms with Crippen LogP contribution in [-0.4, -0.2) is 92.1 Å². The van der Waals surface area contributed by atoms with Crippen molar-refractivity contribution < 1.29 is 38.2 Å². The predicted octanol–water partition coefficient (Wildman–Crippen LogP) is 4.41. The fraction of sp³-hybridized carbons (Fsp3) is 0.385. The Kier molecular flexibility index (Phi) is 12.7. The maximum Gasteiger partial charge on any atom is 0.407 e. The van der Waals surface area contributed by atoms with Crippen molar-refractivity contribution >= 4 is 47.2 Å². The van der Waals surface area contributed by atoms with Crippen LogP contribution in [0.2, 0.25) is 0 Å². The molecule has 2 saturated heterocycles. The maximum absolute atomic E-state index is 13.4. The van der Waals surface area contributed by atoms with Crippen molar-refractivity contribution in [1.29, 1.82) is 0 Å². The Balaban J connectivity index is 1.11. The number of amides is 6. The first-order valence-electron chi connectivity index (χ1n) is 17.6. The van der Waals surface area contributed by atoms with Crippen LogP contribution >= 0.6 is 0 Å². The number of hydrogen-bond acceptors (Lipinski definition) is 8. The molecule has 0 bridgehead atoms. The lowest BCUT2D eigenvalue weighted by Gasteiger charge is -2.26. The van der Waals surface area contributed by atoms with Crippen molar-refractivity contribution in [3.63, 3.8) is 0 Å². The van der Waals surface area contributed by atoms with E-state index in [1.807, 2.05) is 68.4 Å². The van der Waals surface area contributed by atoms with Crippen molar-refractivity contribution in [2.75, 3.05) is 51.0 Å². The fourth-order valence-electron chi connectivity index (χ4n) is 6.52. The fourth-order valence-corrected chi connectivity index (χ4v) is 6.52. The number of benzene rings is 3. The molecular formula is C39H46N6O8. The van der Waals surface area contributed by atoms with Gasteiger partial charge in [0, 0.05) is 37.6 Å². The highest BCUT2D eigenvalue weighted by molar-refractivity contribution is 5.95. The molecule has 4 atom stereocenters. The van der Waals surface area contributed by atoms with Gasteiger partial charge in [-0.3, -0.25) is 19.2 Å². The third-order valence-electron chi connectivity index (χ3n) is 9.60. The molecule has 0 aliphatic carbocycles. The Morgan fingerprint density at radius 1 is 0.623 bits per heavy atom. The van der Waals surface area contributed by atoms with Crippen LogP contribution in [-0.2, 0) is 28.7 Å². The Bertz CT molecular complexity index is 1780. The van der Waals surface area contributed by atoms with Crippen molar-refractivity contribution in [2.45, 2.75) is 38.8 Å². The maximum atomic E-state index is 13.4. The van der Waals surface area contributed by atoms with Crippen LogP contribution in [0, 0.1) is 17.8 Å². The predicted molar refractivity (Wildman–Crippen MR) is 197 cm³/mol. The van der Waals surface area contributed by atoms with Gasteiger partial charge in [-0.25, -0.2) is 9.59 Å². The van der Waals surface area contributed by atoms with E-state index in [4.69, 9.17) is 4.74 Å². The van der Waals surface area contributed by atoms with Crippen molar-refractivity contribution in [1.82, 2.24) is 20.4 Å². The highest BCUT2D eigenvalue weighted by Gasteiger charge is 2.37. The molecule has 6 amide bonds. The minimum atomic E-state index is -0.930. The zero-order valence-corrected chi connectivity index (χ0v) is 30.3. The molecule has 2 fully saturated rings. The molecular weight excluding hydrogens is 680 g/mol. The average molecular weight is 727 g/mol. The monoisotopic (exact) mass is 726 g/mol. The van der Waals surface area contributed by atoms with Gasteiger partial charge in [-0.1, -0.05) is 68.4 Å². The molecule has 0 aromatic heterocycles. The topological polar surface area (TPSA) is 175 Å². The van der Waals surface area contributed by atoms with Gasteiger partial charge in [0.2, 0.25) is 23.6 Å². The zero-order valence-electron chi connectivity index (χ0n) is 30.3. The summed E-state index contributed by atoms with van der Waals surface area (Å²) < 4.78 is 9.38. The van der Waals surface area contributed by atoms with Crippen LogP contribution in [0.1, 0.15) is 38.3 Å². The van der Waals surface area contributed by atoms with E-state index in [1.54, 1.807) is 34.1 Å². The molecule has 0 unspecified atom stereocenters. The lowest BCUT2D eigenvalue weighted by molar-refractivity contribution is -0.134. The zero-order chi connectivity index (χ0) is 38.1. The number of nitrogens with one attached hydrogen (secondary N) is 4. The van der Waals surface area contributed by atoms with E-state index in [-0.39, 0.29) is 48.6 Å². The molecule has 3 aromatic carbocycles. The van der Waals surface area contributed by atoms with E-state index >= 15 is 0 Å². The molecule has 280 valence electrons. The lowest BCUT2D eigenvalue weighted by atomic mass is 10.0. The third kappa shape index (κ3) is 9.70. The Labute approximate surface area is 308 Å². The van der Waals surface area contributed by atoms with E-state index < -0.39 is 30.2 Å². The summed E-state index contributed by atoms with van der Waals surface area (Å²) in [5.74, 6) is -1.87. The molecule has 14 heteroatoms. The standard InChI is InChI=1S/C39H46N6O8/c1-24(2)32(42-38(50)52-3)36(48)44-20-18-28(22-44)34(46)40-30-14-10-25(11-15-30)26-12-16-31(17-13-26)41-35(47)29-19-21-45(23-29)37(49)33(43-39(51)53-4)27-8-6-5-7-9-27/h5-17,24,28-29,32-33H,18-23H2,1-4H3,(H,40,46)(H,41,47)(H,42,50)(H,43,51)/t28-,29+,32-,33+/m0/s1. The normalized spacial score (nSPS) is 17.8. The van der Waals surface area contributed by atoms with E-state index in [0.717, 1.165) is 11.1 Å². The quantitative estimate of drug-likeness (QED) is 0.225. The number of rotatable bonds is 11. The number of carbonyl (C=O) groups is 6. The smallest absolute Gasteiger partial charge is 0.407 e. The van der Waals surface area contributed by atoms with Gasteiger partial charge < -0.3 is 40.5 Å². The van der Waals surface area contributed by atoms with Gasteiger partial charge >= 0.3 is 12.2 Å². The first-order chi connectivity index (χ1) is 25.5. The van der Waals surface area contributed by atoms with Gasteiger partial charge in [-0.15, -0.1) is 0 Å². The molecule has 53 heavy (non-hydrogen) atoms. The second-order valence-electron chi connectivity index (χ2n) is 13.5. The average Bonchev–Trinajstić information content (AvgIpc) is 3.88. The Hall–Kier alpha value is -5.92. The van der Waals surface area contributed by atoms with Crippen LogP contribution in [0.15, 0.2) is 78.9 Å². The highest BCUT2D eigenvalue weighted by Crippen LogP contribution is 2.27. The van der Waals surface area contributed by atoms with Crippen molar-refractivity contribution in [2.24, 2.45) is 17.8 Å². The molecule has 0 spiro atoms. The second-order valence-corrected chi connectivity index (χ2v) is 13.5. The van der Waals surface area contributed by atoms with Crippen molar-refractivity contribution in [3.8, 4) is 11.1 Å². The van der Waals surface area contributed by atoms with Gasteiger partial charge in [0.25, 0.3) is 0 Å². The molecule has 2 aliphatic heterocycles. The number of carbonyl (C=O) groups excluding carboxylic acids is 6. The first-order valence-corrected chi connectivity index (χ1v) is 17.6. The van der Waals surface area contributed by atoms with E-state index in [9.17, 15) is 28.8 Å². The van der Waals surface area contributed by atoms with Crippen molar-refractivity contribution in [3.05, 3.63) is 84.4 Å². The number of alkyl carbamates (subject to hydrolysis) is 2. The third-order valence-corrected chi connectivity index (χ3v) is 9.60. The van der Waals surface area contributed by atoms with Crippen LogP contribution in [0.3, 0.4) is 0 Å². The molecule has 14 nitrogen and oxygen atoms in total. The minimum Gasteiger partial charge on any atom is -0.453 e. The summed E-state index contributed by atoms with van der Waals surface area (Å²) in [6.45, 7) is 4.96. The number of likely N-dealkylation sites (tertiary alicyclic amines) is 2. The van der Waals surface area contributed by atoms with Gasteiger partial charge in [0.05, 0.1) is 26.1 Å². The Morgan fingerprint density at radius 3 is 1.53 bits per heavy atom. The molecule has 2 heterocycles. The van der Waals surface area contributed by atoms with Crippen LogP contribution < -0.4 is 21.3 Å². The summed E-state index contributed by atoms with van der Waals surface area (Å²) in [4.78, 5) is 79.6. The number of nitrogens with zero attached hydrogens (tertiary/aromatic N) is 2. The van der Waals surface area contributed by atoms with E-state index in [2.05, 4.69) is 26.0 Å². The van der Waals surface area contributed by atoms with Crippen LogP contribution in [0.5, 0.6) is 0 Å². The summed E-state index contributed by atoms with van der Waals surface area (Å²) in [7, 11) is 2.48. The van der Waals surface area contributed by atoms with Gasteiger partial charge in [-0.05, 0) is 59.7 Å². The Morgan fingerprint density at radius 2 is 1.08 bits per heavy atom. The second kappa shape index (κ2) is 17.5. The highest BCUT2D eigenvalue weighted by atomic mass is 16.5. The number of ether oxygens (including phenoxy) is 2. The van der Waals surface area contributed by atoms with E-state index in [0.29, 0.717) is 42.9 Å². The first kappa shape index (κ1) is 38.3. The molecule has 4 N–H and O–H groups in total. The van der Waals surface area contributed by atoms with Crippen LogP contribution in [0.4, 0.5) is 21.0 Å². The summed E-state index contributed by atoms with van der Waals surface area (Å²) in [5, 5.41) is 11.1. The molecule has 2 aliphatic rings. The van der Waals surface area contributed by atoms with Gasteiger partial charge in [0.15, 0.2) is 0 Å². The van der Waals surface area contributed by atoms with Crippen LogP contribution in [0.25, 0.3) is 11.1 Å². The lowest BCUT2D eigenvalue weighted by Crippen LogP contribution is -2.50. The molecule has 5 rings (SSSR count). The number of anilines is 2. The summed E-state index contributed by atoms with van der Waals surface area (Å²) >= 11 is 0. The number of hydrogen-bond donors (Lipinski definition) is 4. The van der Waals surface area contributed by atoms with E-state index in [1.165, 1.54) is 14.2 Å². The summed E-state index contributed by atoms with van der Waals surface area (Å²) in [6.07, 6.45) is -0.391. The largest absolute Gasteiger partial charge is 0.453 e. The molecule has 0 radical (unpaired) electrons. The van der Waals surface area contributed by atoms with Gasteiger partial charge in [-0.2, -0.15) is 0 Å². The van der Waals surface area contributed by atoms with Gasteiger partial charge in [0.1, 0.15) is 12.1 Å². The summed E-state index contributed by atoms with van der Waals surface area (Å²) in [6, 6.07) is 22.0. The SMILES string of the molecule is COC(=O)N[C@H](C(=O)N1CC[C@H](C(=O)Nc2ccc(-c3ccc(NC(=O)[C@@H]4CCN(C(=O)[C@H](NC(=O)OC)c5ccccc5)C4)cc3)cc2)C1)C(C)C. The molecule has 3 aromatic rings. The summed E-state index contributed by atoms with van der Waals surface area (Å²) in [5.41, 5.74) is 3.68.